The van der Waals surface area contributed by atoms with E-state index in [4.69, 9.17) is 9.15 Å². The molecule has 1 saturated heterocycles. The van der Waals surface area contributed by atoms with Gasteiger partial charge in [-0.15, -0.1) is 0 Å². The predicted octanol–water partition coefficient (Wildman–Crippen LogP) is 3.98. The minimum absolute atomic E-state index is 0.0133. The van der Waals surface area contributed by atoms with Crippen LogP contribution in [0.3, 0.4) is 0 Å². The number of aromatic nitrogens is 2. The van der Waals surface area contributed by atoms with Gasteiger partial charge in [-0.3, -0.25) is 9.59 Å². The van der Waals surface area contributed by atoms with Gasteiger partial charge in [0.15, 0.2) is 11.2 Å². The monoisotopic (exact) mass is 486 g/mol. The van der Waals surface area contributed by atoms with Crippen molar-refractivity contribution in [1.29, 1.82) is 0 Å². The van der Waals surface area contributed by atoms with Gasteiger partial charge in [0, 0.05) is 24.5 Å². The molecule has 4 aromatic rings. The molecule has 2 unspecified atom stereocenters. The standard InChI is InChI=1S/C28H30N4O4/c33-24-12-26(36-25-9-5-4-8-21(24)25)28(34)29-13-20-15-32-14-19(10-11-27(32)30-20)23-17-35-16-22(31-23)18-6-2-1-3-7-18/h4-5,8-12,14-15,18,22-23,31H,1-3,6-7,13,16-17H2,(H,29,34). The van der Waals surface area contributed by atoms with Crippen LogP contribution in [-0.2, 0) is 11.3 Å². The second-order valence-corrected chi connectivity index (χ2v) is 9.88. The number of hydrogen-bond acceptors (Lipinski definition) is 6. The second kappa shape index (κ2) is 9.87. The first-order valence-corrected chi connectivity index (χ1v) is 12.8. The number of benzene rings is 1. The zero-order chi connectivity index (χ0) is 24.5. The highest BCUT2D eigenvalue weighted by Crippen LogP contribution is 2.30. The van der Waals surface area contributed by atoms with Crippen molar-refractivity contribution in [2.24, 2.45) is 5.92 Å². The minimum Gasteiger partial charge on any atom is -0.451 e. The Balaban J connectivity index is 1.14. The number of ether oxygens (including phenoxy) is 1. The van der Waals surface area contributed by atoms with Crippen LogP contribution < -0.4 is 16.1 Å². The van der Waals surface area contributed by atoms with Gasteiger partial charge < -0.3 is 24.2 Å². The lowest BCUT2D eigenvalue weighted by Gasteiger charge is -2.37. The van der Waals surface area contributed by atoms with Gasteiger partial charge in [-0.25, -0.2) is 4.98 Å². The van der Waals surface area contributed by atoms with E-state index in [1.165, 1.54) is 38.2 Å². The number of morpholine rings is 1. The summed E-state index contributed by atoms with van der Waals surface area (Å²) in [6.07, 6.45) is 10.6. The number of rotatable bonds is 5. The third-order valence-corrected chi connectivity index (χ3v) is 7.43. The Kier molecular flexibility index (Phi) is 6.29. The number of nitrogens with one attached hydrogen (secondary N) is 2. The normalized spacial score (nSPS) is 21.1. The number of hydrogen-bond donors (Lipinski definition) is 2. The Morgan fingerprint density at radius 2 is 1.94 bits per heavy atom. The van der Waals surface area contributed by atoms with E-state index in [0.717, 1.165) is 23.5 Å². The van der Waals surface area contributed by atoms with Crippen molar-refractivity contribution in [2.75, 3.05) is 13.2 Å². The van der Waals surface area contributed by atoms with Gasteiger partial charge in [0.2, 0.25) is 0 Å². The molecule has 0 radical (unpaired) electrons. The van der Waals surface area contributed by atoms with Gasteiger partial charge in [0.05, 0.1) is 36.9 Å². The fraction of sp³-hybridized carbons (Fsp3) is 0.393. The molecule has 186 valence electrons. The zero-order valence-corrected chi connectivity index (χ0v) is 20.1. The predicted molar refractivity (Wildman–Crippen MR) is 136 cm³/mol. The fourth-order valence-corrected chi connectivity index (χ4v) is 5.50. The minimum atomic E-state index is -0.451. The maximum Gasteiger partial charge on any atom is 0.287 e. The van der Waals surface area contributed by atoms with Crippen molar-refractivity contribution in [2.45, 2.75) is 50.7 Å². The second-order valence-electron chi connectivity index (χ2n) is 9.88. The number of imidazole rings is 1. The van der Waals surface area contributed by atoms with E-state index >= 15 is 0 Å². The van der Waals surface area contributed by atoms with Crippen molar-refractivity contribution in [3.05, 3.63) is 82.1 Å². The van der Waals surface area contributed by atoms with E-state index in [1.54, 1.807) is 24.3 Å². The number of carbonyl (C=O) groups excluding carboxylic acids is 1. The smallest absolute Gasteiger partial charge is 0.287 e. The molecule has 1 amide bonds. The molecule has 8 heteroatoms. The van der Waals surface area contributed by atoms with Gasteiger partial charge in [-0.2, -0.15) is 0 Å². The maximum absolute atomic E-state index is 12.7. The van der Waals surface area contributed by atoms with E-state index < -0.39 is 5.91 Å². The number of amides is 1. The quantitative estimate of drug-likeness (QED) is 0.443. The fourth-order valence-electron chi connectivity index (χ4n) is 5.50. The Labute approximate surface area is 208 Å². The van der Waals surface area contributed by atoms with E-state index in [-0.39, 0.29) is 23.8 Å². The van der Waals surface area contributed by atoms with Crippen LogP contribution in [0.1, 0.15) is 60.0 Å². The van der Waals surface area contributed by atoms with Crippen molar-refractivity contribution in [3.63, 3.8) is 0 Å². The first-order valence-electron chi connectivity index (χ1n) is 12.8. The highest BCUT2D eigenvalue weighted by molar-refractivity contribution is 5.93. The Bertz CT molecular complexity index is 1450. The lowest BCUT2D eigenvalue weighted by Crippen LogP contribution is -2.48. The molecule has 2 atom stereocenters. The summed E-state index contributed by atoms with van der Waals surface area (Å²) in [5.74, 6) is 0.231. The van der Waals surface area contributed by atoms with Crippen LogP contribution in [-0.4, -0.2) is 34.5 Å². The lowest BCUT2D eigenvalue weighted by atomic mass is 9.83. The SMILES string of the molecule is O=C(NCc1cn2cc(C3COCC(C4CCCCC4)N3)ccc2n1)c1cc(=O)c2ccccc2o1. The molecule has 2 N–H and O–H groups in total. The molecular formula is C28H30N4O4. The zero-order valence-electron chi connectivity index (χ0n) is 20.1. The first-order chi connectivity index (χ1) is 17.6. The molecule has 6 rings (SSSR count). The largest absolute Gasteiger partial charge is 0.451 e. The van der Waals surface area contributed by atoms with E-state index in [2.05, 4.69) is 27.9 Å². The van der Waals surface area contributed by atoms with Gasteiger partial charge >= 0.3 is 0 Å². The molecule has 4 heterocycles. The molecule has 0 spiro atoms. The molecule has 8 nitrogen and oxygen atoms in total. The average Bonchev–Trinajstić information content (AvgIpc) is 3.34. The molecular weight excluding hydrogens is 456 g/mol. The molecule has 2 fully saturated rings. The number of para-hydroxylation sites is 1. The Morgan fingerprint density at radius 1 is 1.08 bits per heavy atom. The molecule has 36 heavy (non-hydrogen) atoms. The van der Waals surface area contributed by atoms with Crippen LogP contribution in [0.5, 0.6) is 0 Å². The van der Waals surface area contributed by atoms with Crippen LogP contribution in [0.2, 0.25) is 0 Å². The van der Waals surface area contributed by atoms with Crippen LogP contribution in [0.15, 0.2) is 64.1 Å². The number of fused-ring (bicyclic) bond motifs is 2. The number of nitrogens with zero attached hydrogens (tertiary/aromatic N) is 2. The molecule has 1 aromatic carbocycles. The van der Waals surface area contributed by atoms with Gasteiger partial charge in [-0.1, -0.05) is 37.5 Å². The van der Waals surface area contributed by atoms with Crippen molar-refractivity contribution in [3.8, 4) is 0 Å². The van der Waals surface area contributed by atoms with Crippen molar-refractivity contribution < 1.29 is 13.9 Å². The third-order valence-electron chi connectivity index (χ3n) is 7.43. The summed E-state index contributed by atoms with van der Waals surface area (Å²) in [4.78, 5) is 29.6. The molecule has 1 aliphatic carbocycles. The van der Waals surface area contributed by atoms with Crippen LogP contribution >= 0.6 is 0 Å². The van der Waals surface area contributed by atoms with Crippen LogP contribution in [0.25, 0.3) is 16.6 Å². The number of carbonyl (C=O) groups is 1. The third kappa shape index (κ3) is 4.66. The maximum atomic E-state index is 12.7. The molecule has 2 aliphatic rings. The summed E-state index contributed by atoms with van der Waals surface area (Å²) in [7, 11) is 0. The summed E-state index contributed by atoms with van der Waals surface area (Å²) in [5.41, 5.74) is 2.83. The first kappa shape index (κ1) is 22.9. The highest BCUT2D eigenvalue weighted by Gasteiger charge is 2.30. The van der Waals surface area contributed by atoms with Crippen molar-refractivity contribution >= 4 is 22.5 Å². The average molecular weight is 487 g/mol. The molecule has 1 saturated carbocycles. The molecule has 0 bridgehead atoms. The summed E-state index contributed by atoms with van der Waals surface area (Å²) < 4.78 is 13.6. The van der Waals surface area contributed by atoms with Crippen LogP contribution in [0, 0.1) is 5.92 Å². The van der Waals surface area contributed by atoms with Gasteiger partial charge in [0.1, 0.15) is 11.2 Å². The molecule has 3 aromatic heterocycles. The van der Waals surface area contributed by atoms with Crippen molar-refractivity contribution in [1.82, 2.24) is 20.0 Å². The Hall–Kier alpha value is -3.49. The number of pyridine rings is 1. The Morgan fingerprint density at radius 3 is 2.83 bits per heavy atom. The summed E-state index contributed by atoms with van der Waals surface area (Å²) >= 11 is 0. The summed E-state index contributed by atoms with van der Waals surface area (Å²) in [6, 6.07) is 12.8. The van der Waals surface area contributed by atoms with E-state index in [1.807, 2.05) is 16.7 Å². The van der Waals surface area contributed by atoms with Gasteiger partial charge in [-0.05, 0) is 42.5 Å². The topological polar surface area (TPSA) is 97.9 Å². The van der Waals surface area contributed by atoms with Crippen LogP contribution in [0.4, 0.5) is 0 Å². The summed E-state index contributed by atoms with van der Waals surface area (Å²) in [5, 5.41) is 7.10. The lowest BCUT2D eigenvalue weighted by molar-refractivity contribution is 0.0201. The van der Waals surface area contributed by atoms with E-state index in [9.17, 15) is 9.59 Å². The highest BCUT2D eigenvalue weighted by atomic mass is 16.5. The van der Waals surface area contributed by atoms with E-state index in [0.29, 0.717) is 29.5 Å². The molecule has 1 aliphatic heterocycles. The van der Waals surface area contributed by atoms with Gasteiger partial charge in [0.25, 0.3) is 5.91 Å². The summed E-state index contributed by atoms with van der Waals surface area (Å²) in [6.45, 7) is 1.67.